The number of hydrogen-bond donors (Lipinski definition) is 0. The van der Waals surface area contributed by atoms with E-state index in [1.165, 1.54) is 12.1 Å². The van der Waals surface area contributed by atoms with Crippen molar-refractivity contribution in [1.29, 1.82) is 0 Å². The molecule has 10 heteroatoms. The number of ether oxygens (including phenoxy) is 2. The van der Waals surface area contributed by atoms with E-state index in [9.17, 15) is 22.8 Å². The van der Waals surface area contributed by atoms with E-state index in [0.29, 0.717) is 39.9 Å². The molecule has 0 radical (unpaired) electrons. The molecule has 1 amide bonds. The van der Waals surface area contributed by atoms with Crippen LogP contribution in [0, 0.1) is 6.92 Å². The fourth-order valence-corrected chi connectivity index (χ4v) is 4.52. The number of halogens is 3. The van der Waals surface area contributed by atoms with Gasteiger partial charge in [-0.25, -0.2) is 9.78 Å². The van der Waals surface area contributed by atoms with Crippen LogP contribution in [0.4, 0.5) is 13.2 Å². The summed E-state index contributed by atoms with van der Waals surface area (Å²) in [4.78, 5) is 31.5. The number of aryl methyl sites for hydroxylation is 1. The highest BCUT2D eigenvalue weighted by Gasteiger charge is 2.32. The minimum Gasteiger partial charge on any atom is -0.476 e. The first-order valence-electron chi connectivity index (χ1n) is 11.7. The molecule has 0 aliphatic rings. The number of esters is 1. The van der Waals surface area contributed by atoms with Crippen LogP contribution in [-0.4, -0.2) is 47.6 Å². The van der Waals surface area contributed by atoms with Gasteiger partial charge in [0.1, 0.15) is 15.6 Å². The summed E-state index contributed by atoms with van der Waals surface area (Å²) in [5.41, 5.74) is 0.185. The maximum Gasteiger partial charge on any atom is 0.416 e. The lowest BCUT2D eigenvalue weighted by Crippen LogP contribution is -2.39. The predicted molar refractivity (Wildman–Crippen MR) is 136 cm³/mol. The van der Waals surface area contributed by atoms with Crippen LogP contribution in [0.15, 0.2) is 48.5 Å². The maximum absolute atomic E-state index is 13.0. The van der Waals surface area contributed by atoms with E-state index in [1.54, 1.807) is 51.8 Å². The minimum absolute atomic E-state index is 0.204. The fourth-order valence-electron chi connectivity index (χ4n) is 3.46. The van der Waals surface area contributed by atoms with Crippen LogP contribution < -0.4 is 4.74 Å². The van der Waals surface area contributed by atoms with Crippen LogP contribution in [0.1, 0.15) is 47.3 Å². The van der Waals surface area contributed by atoms with Crippen LogP contribution >= 0.6 is 11.3 Å². The molecule has 0 N–H and O–H groups in total. The maximum atomic E-state index is 13.0. The van der Waals surface area contributed by atoms with Crippen molar-refractivity contribution in [3.63, 3.8) is 0 Å². The lowest BCUT2D eigenvalue weighted by atomic mass is 10.1. The molecule has 0 aliphatic heterocycles. The molecular weight excluding hydrogens is 505 g/mol. The van der Waals surface area contributed by atoms with Gasteiger partial charge in [-0.2, -0.15) is 13.2 Å². The zero-order chi connectivity index (χ0) is 27.4. The average Bonchev–Trinajstić information content (AvgIpc) is 3.24. The van der Waals surface area contributed by atoms with E-state index in [-0.39, 0.29) is 12.5 Å². The second kappa shape index (κ2) is 11.3. The molecule has 0 unspecified atom stereocenters. The number of thiazole rings is 1. The molecule has 6 nitrogen and oxygen atoms in total. The Labute approximate surface area is 218 Å². The van der Waals surface area contributed by atoms with Crippen LogP contribution in [0.3, 0.4) is 0 Å². The summed E-state index contributed by atoms with van der Waals surface area (Å²) in [6, 6.07) is 12.0. The Morgan fingerprint density at radius 3 is 2.22 bits per heavy atom. The molecule has 37 heavy (non-hydrogen) atoms. The van der Waals surface area contributed by atoms with Crippen molar-refractivity contribution in [1.82, 2.24) is 9.88 Å². The summed E-state index contributed by atoms with van der Waals surface area (Å²) in [6.45, 7) is 7.45. The summed E-state index contributed by atoms with van der Waals surface area (Å²) < 4.78 is 49.3. The molecule has 0 bridgehead atoms. The largest absolute Gasteiger partial charge is 0.476 e. The third-order valence-electron chi connectivity index (χ3n) is 5.60. The van der Waals surface area contributed by atoms with E-state index in [4.69, 9.17) is 9.47 Å². The van der Waals surface area contributed by atoms with Crippen molar-refractivity contribution in [3.8, 4) is 16.3 Å². The first-order valence-corrected chi connectivity index (χ1v) is 12.5. The van der Waals surface area contributed by atoms with Crippen LogP contribution in [0.2, 0.25) is 0 Å². The van der Waals surface area contributed by atoms with Crippen molar-refractivity contribution in [2.75, 3.05) is 20.2 Å². The normalized spacial score (nSPS) is 11.8. The number of likely N-dealkylation sites (N-methyl/N-ethyl adjacent to an activating group) is 1. The number of carbonyl (C=O) groups excluding carboxylic acids is 2. The Balaban J connectivity index is 1.61. The molecule has 0 saturated carbocycles. The van der Waals surface area contributed by atoms with Crippen molar-refractivity contribution in [2.45, 2.75) is 45.9 Å². The number of hydrogen-bond acceptors (Lipinski definition) is 6. The van der Waals surface area contributed by atoms with Gasteiger partial charge < -0.3 is 14.4 Å². The van der Waals surface area contributed by atoms with E-state index >= 15 is 0 Å². The molecular formula is C27H29F3N2O4S. The number of carbonyl (C=O) groups is 2. The molecule has 3 aromatic rings. The Kier molecular flexibility index (Phi) is 8.63. The topological polar surface area (TPSA) is 68.7 Å². The van der Waals surface area contributed by atoms with E-state index in [0.717, 1.165) is 29.0 Å². The smallest absolute Gasteiger partial charge is 0.416 e. The molecule has 0 saturated heterocycles. The Bertz CT molecular complexity index is 1240. The van der Waals surface area contributed by atoms with Crippen LogP contribution in [0.25, 0.3) is 10.6 Å². The van der Waals surface area contributed by atoms with Gasteiger partial charge in [-0.05, 0) is 63.9 Å². The first-order chi connectivity index (χ1) is 17.3. The third kappa shape index (κ3) is 7.09. The molecule has 1 aromatic heterocycles. The van der Waals surface area contributed by atoms with Gasteiger partial charge in [0, 0.05) is 19.2 Å². The molecule has 0 spiro atoms. The van der Waals surface area contributed by atoms with Crippen LogP contribution in [-0.2, 0) is 22.1 Å². The summed E-state index contributed by atoms with van der Waals surface area (Å²) in [5, 5.41) is 0.490. The van der Waals surface area contributed by atoms with Gasteiger partial charge in [-0.15, -0.1) is 11.3 Å². The minimum atomic E-state index is -4.41. The molecule has 3 rings (SSSR count). The molecule has 0 fully saturated rings. The van der Waals surface area contributed by atoms with E-state index in [2.05, 4.69) is 4.98 Å². The van der Waals surface area contributed by atoms with Gasteiger partial charge in [-0.3, -0.25) is 4.79 Å². The number of nitrogens with zero attached hydrogens (tertiary/aromatic N) is 2. The quantitative estimate of drug-likeness (QED) is 0.307. The standard InChI is InChI=1S/C27H29F3N2O4S/c1-6-35-25(34)26(3,4)36-21-13-7-18(8-14-21)15-16-32(5)24(33)22-17(2)31-23(37-22)19-9-11-20(12-10-19)27(28,29)30/h7-14H,6,15-16H2,1-5H3. The van der Waals surface area contributed by atoms with Gasteiger partial charge in [-0.1, -0.05) is 24.3 Å². The number of benzene rings is 2. The molecule has 198 valence electrons. The second-order valence-electron chi connectivity index (χ2n) is 8.96. The fraction of sp³-hybridized carbons (Fsp3) is 0.370. The van der Waals surface area contributed by atoms with E-state index < -0.39 is 23.3 Å². The van der Waals surface area contributed by atoms with E-state index in [1.807, 2.05) is 12.1 Å². The molecule has 0 aliphatic carbocycles. The van der Waals surface area contributed by atoms with Gasteiger partial charge in [0.25, 0.3) is 5.91 Å². The molecule has 2 aromatic carbocycles. The number of alkyl halides is 3. The molecule has 0 atom stereocenters. The van der Waals surface area contributed by atoms with Gasteiger partial charge >= 0.3 is 12.1 Å². The van der Waals surface area contributed by atoms with Crippen molar-refractivity contribution in [2.24, 2.45) is 0 Å². The van der Waals surface area contributed by atoms with Gasteiger partial charge in [0.15, 0.2) is 5.60 Å². The van der Waals surface area contributed by atoms with Crippen molar-refractivity contribution in [3.05, 3.63) is 70.2 Å². The Hall–Kier alpha value is -3.40. The van der Waals surface area contributed by atoms with Gasteiger partial charge in [0.05, 0.1) is 17.9 Å². The SMILES string of the molecule is CCOC(=O)C(C)(C)Oc1ccc(CCN(C)C(=O)c2sc(-c3ccc(C(F)(F)F)cc3)nc2C)cc1. The zero-order valence-corrected chi connectivity index (χ0v) is 22.1. The highest BCUT2D eigenvalue weighted by molar-refractivity contribution is 7.17. The first kappa shape index (κ1) is 28.2. The van der Waals surface area contributed by atoms with Crippen molar-refractivity contribution < 1.29 is 32.2 Å². The lowest BCUT2D eigenvalue weighted by molar-refractivity contribution is -0.158. The third-order valence-corrected chi connectivity index (χ3v) is 6.79. The summed E-state index contributed by atoms with van der Waals surface area (Å²) >= 11 is 1.16. The number of rotatable bonds is 9. The highest BCUT2D eigenvalue weighted by atomic mass is 32.1. The summed E-state index contributed by atoms with van der Waals surface area (Å²) in [6.07, 6.45) is -3.82. The van der Waals surface area contributed by atoms with Gasteiger partial charge in [0.2, 0.25) is 0 Å². The molecule has 1 heterocycles. The highest BCUT2D eigenvalue weighted by Crippen LogP contribution is 2.33. The zero-order valence-electron chi connectivity index (χ0n) is 21.3. The van der Waals surface area contributed by atoms with Crippen LogP contribution in [0.5, 0.6) is 5.75 Å². The average molecular weight is 535 g/mol. The number of aromatic nitrogens is 1. The number of amides is 1. The lowest BCUT2D eigenvalue weighted by Gasteiger charge is -2.24. The predicted octanol–water partition coefficient (Wildman–Crippen LogP) is 6.17. The second-order valence-corrected chi connectivity index (χ2v) is 9.96. The van der Waals surface area contributed by atoms with Crippen molar-refractivity contribution >= 4 is 23.2 Å². The summed E-state index contributed by atoms with van der Waals surface area (Å²) in [7, 11) is 1.69. The summed E-state index contributed by atoms with van der Waals surface area (Å²) in [5.74, 6) is -0.120. The Morgan fingerprint density at radius 2 is 1.65 bits per heavy atom. The Morgan fingerprint density at radius 1 is 1.03 bits per heavy atom. The monoisotopic (exact) mass is 534 g/mol.